The summed E-state index contributed by atoms with van der Waals surface area (Å²) >= 11 is 0. The Labute approximate surface area is 112 Å². The zero-order valence-corrected chi connectivity index (χ0v) is 12.6. The van der Waals surface area contributed by atoms with Crippen LogP contribution in [0.4, 0.5) is 0 Å². The Morgan fingerprint density at radius 3 is 2.39 bits per heavy atom. The lowest BCUT2D eigenvalue weighted by Crippen LogP contribution is -2.59. The van der Waals surface area contributed by atoms with Gasteiger partial charge in [-0.05, 0) is 39.2 Å². The lowest BCUT2D eigenvalue weighted by atomic mass is 9.86. The minimum Gasteiger partial charge on any atom is -0.356 e. The van der Waals surface area contributed by atoms with E-state index >= 15 is 0 Å². The quantitative estimate of drug-likeness (QED) is 0.738. The Morgan fingerprint density at radius 2 is 1.94 bits per heavy atom. The summed E-state index contributed by atoms with van der Waals surface area (Å²) in [6.45, 7) is 8.62. The normalized spacial score (nSPS) is 29.5. The molecule has 0 aromatic carbocycles. The molecule has 1 fully saturated rings. The molecule has 0 aromatic heterocycles. The molecule has 0 amide bonds. The number of rotatable bonds is 6. The van der Waals surface area contributed by atoms with Crippen LogP contribution in [0.2, 0.25) is 0 Å². The molecule has 3 atom stereocenters. The summed E-state index contributed by atoms with van der Waals surface area (Å²) < 4.78 is 10.7. The van der Waals surface area contributed by atoms with Gasteiger partial charge in [0.15, 0.2) is 6.29 Å². The maximum absolute atomic E-state index is 6.04. The molecule has 1 heterocycles. The van der Waals surface area contributed by atoms with E-state index in [0.29, 0.717) is 12.6 Å². The Balaban J connectivity index is 2.73. The van der Waals surface area contributed by atoms with E-state index in [9.17, 15) is 0 Å². The highest BCUT2D eigenvalue weighted by molar-refractivity contribution is 4.93. The zero-order chi connectivity index (χ0) is 13.8. The Kier molecular flexibility index (Phi) is 6.05. The van der Waals surface area contributed by atoms with Crippen molar-refractivity contribution >= 4 is 0 Å². The molecule has 0 radical (unpaired) electrons. The summed E-state index contributed by atoms with van der Waals surface area (Å²) in [6, 6.07) is 0.580. The number of nitrogens with zero attached hydrogens (tertiary/aromatic N) is 1. The minimum atomic E-state index is -0.176. The van der Waals surface area contributed by atoms with Gasteiger partial charge in [-0.1, -0.05) is 6.92 Å². The molecule has 4 heteroatoms. The van der Waals surface area contributed by atoms with Crippen molar-refractivity contribution < 1.29 is 9.47 Å². The molecule has 1 aliphatic heterocycles. The Hall–Kier alpha value is -0.160. The van der Waals surface area contributed by atoms with Gasteiger partial charge in [0, 0.05) is 38.8 Å². The van der Waals surface area contributed by atoms with E-state index in [1.165, 1.54) is 12.8 Å². The van der Waals surface area contributed by atoms with Crippen molar-refractivity contribution in [2.75, 3.05) is 27.3 Å². The van der Waals surface area contributed by atoms with Gasteiger partial charge in [0.2, 0.25) is 0 Å². The second kappa shape index (κ2) is 6.85. The van der Waals surface area contributed by atoms with Gasteiger partial charge in [-0.3, -0.25) is 4.90 Å². The molecule has 1 saturated heterocycles. The van der Waals surface area contributed by atoms with Crippen LogP contribution in [-0.4, -0.2) is 50.1 Å². The number of ether oxygens (including phenoxy) is 2. The summed E-state index contributed by atoms with van der Waals surface area (Å²) in [7, 11) is 3.37. The van der Waals surface area contributed by atoms with E-state index in [-0.39, 0.29) is 11.8 Å². The zero-order valence-electron chi connectivity index (χ0n) is 12.6. The fourth-order valence-electron chi connectivity index (χ4n) is 3.15. The van der Waals surface area contributed by atoms with Crippen molar-refractivity contribution in [1.82, 2.24) is 4.90 Å². The van der Waals surface area contributed by atoms with E-state index in [4.69, 9.17) is 15.2 Å². The van der Waals surface area contributed by atoms with Crippen LogP contribution in [0.1, 0.15) is 40.0 Å². The number of nitrogens with two attached hydrogens (primary N) is 1. The molecular weight excluding hydrogens is 228 g/mol. The van der Waals surface area contributed by atoms with Crippen molar-refractivity contribution in [2.24, 2.45) is 11.7 Å². The molecule has 1 aliphatic rings. The number of methoxy groups -OCH3 is 2. The topological polar surface area (TPSA) is 47.7 Å². The molecule has 0 saturated carbocycles. The second-order valence-corrected chi connectivity index (χ2v) is 5.98. The summed E-state index contributed by atoms with van der Waals surface area (Å²) in [5.41, 5.74) is 5.99. The highest BCUT2D eigenvalue weighted by Crippen LogP contribution is 2.31. The molecule has 108 valence electrons. The third kappa shape index (κ3) is 3.67. The summed E-state index contributed by atoms with van der Waals surface area (Å²) in [4.78, 5) is 2.54. The minimum absolute atomic E-state index is 0.0454. The second-order valence-electron chi connectivity index (χ2n) is 5.98. The predicted molar refractivity (Wildman–Crippen MR) is 74.4 cm³/mol. The van der Waals surface area contributed by atoms with Gasteiger partial charge >= 0.3 is 0 Å². The van der Waals surface area contributed by atoms with Crippen molar-refractivity contribution in [1.29, 1.82) is 0 Å². The first-order valence-corrected chi connectivity index (χ1v) is 6.99. The van der Waals surface area contributed by atoms with Gasteiger partial charge < -0.3 is 15.2 Å². The molecule has 0 bridgehead atoms. The van der Waals surface area contributed by atoms with Gasteiger partial charge in [0.05, 0.1) is 0 Å². The van der Waals surface area contributed by atoms with Gasteiger partial charge in [-0.15, -0.1) is 0 Å². The van der Waals surface area contributed by atoms with Crippen molar-refractivity contribution in [3.8, 4) is 0 Å². The monoisotopic (exact) mass is 258 g/mol. The highest BCUT2D eigenvalue weighted by Gasteiger charge is 2.38. The SMILES string of the molecule is COC(CC(C)(CN)N1CCC(C)CC1C)OC. The first-order valence-electron chi connectivity index (χ1n) is 6.99. The average Bonchev–Trinajstić information content (AvgIpc) is 2.35. The molecule has 2 N–H and O–H groups in total. The van der Waals surface area contributed by atoms with Crippen molar-refractivity contribution in [3.63, 3.8) is 0 Å². The molecular formula is C14H30N2O2. The summed E-state index contributed by atoms with van der Waals surface area (Å²) in [5, 5.41) is 0. The average molecular weight is 258 g/mol. The Bertz CT molecular complexity index is 246. The lowest BCUT2D eigenvalue weighted by molar-refractivity contribution is -0.134. The molecule has 4 nitrogen and oxygen atoms in total. The summed E-state index contributed by atoms with van der Waals surface area (Å²) in [6.07, 6.45) is 3.14. The van der Waals surface area contributed by atoms with Crippen LogP contribution in [0.5, 0.6) is 0 Å². The smallest absolute Gasteiger partial charge is 0.158 e. The summed E-state index contributed by atoms with van der Waals surface area (Å²) in [5.74, 6) is 0.818. The standard InChI is InChI=1S/C14H30N2O2/c1-11-6-7-16(12(2)8-11)14(3,10-15)9-13(17-4)18-5/h11-13H,6-10,15H2,1-5H3. The maximum atomic E-state index is 6.04. The molecule has 0 aromatic rings. The number of hydrogen-bond donors (Lipinski definition) is 1. The van der Waals surface area contributed by atoms with Crippen LogP contribution >= 0.6 is 0 Å². The van der Waals surface area contributed by atoms with E-state index in [2.05, 4.69) is 25.7 Å². The molecule has 0 aliphatic carbocycles. The first kappa shape index (κ1) is 15.9. The molecule has 3 unspecified atom stereocenters. The molecule has 1 rings (SSSR count). The van der Waals surface area contributed by atoms with Crippen LogP contribution in [0.15, 0.2) is 0 Å². The van der Waals surface area contributed by atoms with Crippen molar-refractivity contribution in [2.45, 2.75) is 57.9 Å². The van der Waals surface area contributed by atoms with Crippen LogP contribution in [0, 0.1) is 5.92 Å². The van der Waals surface area contributed by atoms with Crippen molar-refractivity contribution in [3.05, 3.63) is 0 Å². The third-order valence-electron chi connectivity index (χ3n) is 4.40. The van der Waals surface area contributed by atoms with E-state index in [0.717, 1.165) is 18.9 Å². The largest absolute Gasteiger partial charge is 0.356 e. The van der Waals surface area contributed by atoms with E-state index in [1.54, 1.807) is 14.2 Å². The van der Waals surface area contributed by atoms with Gasteiger partial charge in [0.25, 0.3) is 0 Å². The third-order valence-corrected chi connectivity index (χ3v) is 4.40. The van der Waals surface area contributed by atoms with Crippen LogP contribution in [0.3, 0.4) is 0 Å². The van der Waals surface area contributed by atoms with E-state index < -0.39 is 0 Å². The van der Waals surface area contributed by atoms with Crippen LogP contribution in [-0.2, 0) is 9.47 Å². The van der Waals surface area contributed by atoms with Gasteiger partial charge in [0.1, 0.15) is 0 Å². The van der Waals surface area contributed by atoms with Gasteiger partial charge in [-0.2, -0.15) is 0 Å². The molecule has 18 heavy (non-hydrogen) atoms. The Morgan fingerprint density at radius 1 is 1.33 bits per heavy atom. The number of hydrogen-bond acceptors (Lipinski definition) is 4. The first-order chi connectivity index (χ1) is 8.46. The van der Waals surface area contributed by atoms with E-state index in [1.807, 2.05) is 0 Å². The molecule has 0 spiro atoms. The predicted octanol–water partition coefficient (Wildman–Crippen LogP) is 1.83. The highest BCUT2D eigenvalue weighted by atomic mass is 16.7. The lowest BCUT2D eigenvalue weighted by Gasteiger charge is -2.49. The number of piperidine rings is 1. The fourth-order valence-corrected chi connectivity index (χ4v) is 3.15. The van der Waals surface area contributed by atoms with Crippen LogP contribution in [0.25, 0.3) is 0 Å². The van der Waals surface area contributed by atoms with Gasteiger partial charge in [-0.25, -0.2) is 0 Å². The fraction of sp³-hybridized carbons (Fsp3) is 1.00. The maximum Gasteiger partial charge on any atom is 0.158 e. The number of likely N-dealkylation sites (tertiary alicyclic amines) is 1. The van der Waals surface area contributed by atoms with Crippen LogP contribution < -0.4 is 5.73 Å².